The van der Waals surface area contributed by atoms with Gasteiger partial charge in [-0.2, -0.15) is 0 Å². The van der Waals surface area contributed by atoms with Gasteiger partial charge in [0.1, 0.15) is 11.5 Å². The van der Waals surface area contributed by atoms with Crippen LogP contribution in [0.25, 0.3) is 21.5 Å². The van der Waals surface area contributed by atoms with Crippen LogP contribution in [0.5, 0.6) is 23.1 Å². The number of allylic oxidation sites excluding steroid dienone is 1. The van der Waals surface area contributed by atoms with Crippen LogP contribution in [-0.2, 0) is 19.2 Å². The Morgan fingerprint density at radius 2 is 1.29 bits per heavy atom. The molecule has 0 aliphatic carbocycles. The molecule has 0 spiro atoms. The zero-order valence-corrected chi connectivity index (χ0v) is 25.4. The Balaban J connectivity index is 0.000000274. The average molecular weight is 610 g/mol. The summed E-state index contributed by atoms with van der Waals surface area (Å²) in [6, 6.07) is 16.4. The molecule has 1 heterocycles. The molecule has 9 heteroatoms. The van der Waals surface area contributed by atoms with Crippen molar-refractivity contribution in [2.45, 2.75) is 33.1 Å². The van der Waals surface area contributed by atoms with E-state index in [4.69, 9.17) is 14.2 Å². The fourth-order valence-corrected chi connectivity index (χ4v) is 3.86. The van der Waals surface area contributed by atoms with Crippen molar-refractivity contribution in [1.82, 2.24) is 4.98 Å². The van der Waals surface area contributed by atoms with Gasteiger partial charge in [0.25, 0.3) is 0 Å². The van der Waals surface area contributed by atoms with Crippen LogP contribution in [0, 0.1) is 0 Å². The Hall–Kier alpha value is -5.83. The number of benzene rings is 3. The van der Waals surface area contributed by atoms with E-state index in [2.05, 4.69) is 51.2 Å². The van der Waals surface area contributed by atoms with Crippen molar-refractivity contribution in [3.05, 3.63) is 117 Å². The first-order valence-electron chi connectivity index (χ1n) is 13.8. The van der Waals surface area contributed by atoms with Crippen molar-refractivity contribution >= 4 is 45.2 Å². The van der Waals surface area contributed by atoms with Crippen molar-refractivity contribution in [2.75, 3.05) is 0 Å². The van der Waals surface area contributed by atoms with Gasteiger partial charge < -0.3 is 19.3 Å². The number of carbonyl (C=O) groups excluding carboxylic acids is 4. The maximum atomic E-state index is 11.4. The molecule has 1 N–H and O–H groups in total. The lowest BCUT2D eigenvalue weighted by Crippen LogP contribution is -2.07. The second kappa shape index (κ2) is 17.3. The predicted molar refractivity (Wildman–Crippen MR) is 174 cm³/mol. The number of esters is 3. The van der Waals surface area contributed by atoms with Gasteiger partial charge in [0.15, 0.2) is 11.5 Å². The molecule has 3 aromatic carbocycles. The first-order valence-corrected chi connectivity index (χ1v) is 13.8. The molecule has 0 radical (unpaired) electrons. The highest BCUT2D eigenvalue weighted by atomic mass is 16.5. The molecule has 232 valence electrons. The van der Waals surface area contributed by atoms with E-state index in [0.717, 1.165) is 29.3 Å². The molecule has 1 atom stereocenters. The largest absolute Gasteiger partial charge is 0.507 e. The maximum absolute atomic E-state index is 11.4. The normalized spacial score (nSPS) is 10.5. The zero-order valence-electron chi connectivity index (χ0n) is 25.4. The van der Waals surface area contributed by atoms with E-state index in [-0.39, 0.29) is 28.5 Å². The first-order chi connectivity index (χ1) is 21.5. The number of fused-ring (bicyclic) bond motifs is 2. The van der Waals surface area contributed by atoms with Crippen LogP contribution in [0.4, 0.5) is 0 Å². The Labute approximate surface area is 261 Å². The summed E-state index contributed by atoms with van der Waals surface area (Å²) in [5.74, 6) is -0.860. The number of aromatic nitrogens is 1. The zero-order chi connectivity index (χ0) is 33.5. The Kier molecular flexibility index (Phi) is 13.6. The lowest BCUT2D eigenvalue weighted by Gasteiger charge is -2.15. The topological polar surface area (TPSA) is 129 Å². The summed E-state index contributed by atoms with van der Waals surface area (Å²) in [5, 5.41) is 12.6. The van der Waals surface area contributed by atoms with Crippen molar-refractivity contribution < 1.29 is 38.5 Å². The highest BCUT2D eigenvalue weighted by molar-refractivity contribution is 6.00. The second-order valence-electron chi connectivity index (χ2n) is 9.33. The molecule has 4 aromatic rings. The standard InChI is InChI=1S/C17H18O2.C15H11NO5.C4H6O/c1-4-12(3)13-10-11-16(19-17(18)5-2)15-9-7-6-8-14(13)15;1-3-12(18)20-11-8-16-15(21-13(19)4-2)9-6-5-7-10(17)14(9)11;1-3-4(2)5/h5-12H,2,4H2,1,3H3;3-8,17H,1-2H2;3H,1H2,2H3. The molecule has 0 fully saturated rings. The fraction of sp³-hybridized carbons (Fsp3) is 0.139. The molecule has 9 nitrogen and oxygen atoms in total. The molecule has 1 aromatic heterocycles. The number of hydrogen-bond donors (Lipinski definition) is 1. The molecule has 0 aliphatic rings. The summed E-state index contributed by atoms with van der Waals surface area (Å²) in [5.41, 5.74) is 1.29. The predicted octanol–water partition coefficient (Wildman–Crippen LogP) is 7.33. The van der Waals surface area contributed by atoms with E-state index in [1.54, 1.807) is 12.1 Å². The van der Waals surface area contributed by atoms with E-state index >= 15 is 0 Å². The summed E-state index contributed by atoms with van der Waals surface area (Å²) in [6.45, 7) is 19.1. The number of ketones is 1. The third-order valence-electron chi connectivity index (χ3n) is 6.29. The summed E-state index contributed by atoms with van der Waals surface area (Å²) >= 11 is 0. The monoisotopic (exact) mass is 609 g/mol. The van der Waals surface area contributed by atoms with E-state index in [1.807, 2.05) is 30.3 Å². The quantitative estimate of drug-likeness (QED) is 0.118. The van der Waals surface area contributed by atoms with Gasteiger partial charge in [-0.15, -0.1) is 0 Å². The lowest BCUT2D eigenvalue weighted by atomic mass is 9.93. The number of rotatable bonds is 9. The number of aromatic hydroxyl groups is 1. The van der Waals surface area contributed by atoms with E-state index in [0.29, 0.717) is 17.1 Å². The van der Waals surface area contributed by atoms with Gasteiger partial charge in [0.05, 0.1) is 17.0 Å². The number of hydrogen-bond acceptors (Lipinski definition) is 9. The number of ether oxygens (including phenoxy) is 3. The molecular weight excluding hydrogens is 574 g/mol. The van der Waals surface area contributed by atoms with Crippen molar-refractivity contribution in [1.29, 1.82) is 0 Å². The van der Waals surface area contributed by atoms with Crippen LogP contribution in [0.1, 0.15) is 38.7 Å². The Bertz CT molecular complexity index is 1760. The molecule has 0 saturated carbocycles. The van der Waals surface area contributed by atoms with E-state index < -0.39 is 17.9 Å². The number of phenols is 1. The smallest absolute Gasteiger partial charge is 0.336 e. The number of nitrogens with zero attached hydrogens (tertiary/aromatic N) is 1. The summed E-state index contributed by atoms with van der Waals surface area (Å²) in [4.78, 5) is 47.5. The van der Waals surface area contributed by atoms with Gasteiger partial charge in [-0.1, -0.05) is 76.6 Å². The molecule has 0 bridgehead atoms. The second-order valence-corrected chi connectivity index (χ2v) is 9.33. The van der Waals surface area contributed by atoms with E-state index in [9.17, 15) is 24.3 Å². The Morgan fingerprint density at radius 3 is 1.84 bits per heavy atom. The minimum absolute atomic E-state index is 0.0185. The molecular formula is C36H35NO8. The van der Waals surface area contributed by atoms with Crippen LogP contribution in [0.2, 0.25) is 0 Å². The molecule has 0 aliphatic heterocycles. The van der Waals surface area contributed by atoms with Crippen LogP contribution in [0.15, 0.2) is 111 Å². The van der Waals surface area contributed by atoms with Gasteiger partial charge in [0.2, 0.25) is 5.88 Å². The molecule has 4 rings (SSSR count). The van der Waals surface area contributed by atoms with Crippen molar-refractivity contribution in [2.24, 2.45) is 0 Å². The summed E-state index contributed by atoms with van der Waals surface area (Å²) in [6.07, 6.45) is 6.68. The maximum Gasteiger partial charge on any atom is 0.336 e. The number of phenolic OH excluding ortho intramolecular Hbond substituents is 1. The third-order valence-corrected chi connectivity index (χ3v) is 6.29. The van der Waals surface area contributed by atoms with Gasteiger partial charge in [-0.05, 0) is 54.5 Å². The minimum Gasteiger partial charge on any atom is -0.507 e. The van der Waals surface area contributed by atoms with Crippen LogP contribution in [0.3, 0.4) is 0 Å². The van der Waals surface area contributed by atoms with E-state index in [1.165, 1.54) is 36.9 Å². The van der Waals surface area contributed by atoms with Crippen LogP contribution < -0.4 is 14.2 Å². The molecule has 0 amide bonds. The fourth-order valence-electron chi connectivity index (χ4n) is 3.86. The van der Waals surface area contributed by atoms with Gasteiger partial charge >= 0.3 is 17.9 Å². The van der Waals surface area contributed by atoms with Gasteiger partial charge in [0, 0.05) is 23.6 Å². The lowest BCUT2D eigenvalue weighted by molar-refractivity contribution is -0.130. The Morgan fingerprint density at radius 1 is 0.756 bits per heavy atom. The van der Waals surface area contributed by atoms with Crippen molar-refractivity contribution in [3.8, 4) is 23.1 Å². The number of pyridine rings is 1. The minimum atomic E-state index is -0.697. The third kappa shape index (κ3) is 9.86. The average Bonchev–Trinajstić information content (AvgIpc) is 3.05. The number of carbonyl (C=O) groups is 4. The summed E-state index contributed by atoms with van der Waals surface area (Å²) in [7, 11) is 0. The van der Waals surface area contributed by atoms with Gasteiger partial charge in [-0.3, -0.25) is 4.79 Å². The van der Waals surface area contributed by atoms with Gasteiger partial charge in [-0.25, -0.2) is 19.4 Å². The SMILES string of the molecule is C=CC(=O)Oc1ccc(C(C)CC)c2ccccc12.C=CC(=O)Oc1ncc(OC(=O)C=C)c2c(O)cccc12.C=CC(C)=O. The van der Waals surface area contributed by atoms with Crippen molar-refractivity contribution in [3.63, 3.8) is 0 Å². The molecule has 1 unspecified atom stereocenters. The highest BCUT2D eigenvalue weighted by Crippen LogP contribution is 2.37. The molecule has 45 heavy (non-hydrogen) atoms. The first kappa shape index (κ1) is 35.4. The summed E-state index contributed by atoms with van der Waals surface area (Å²) < 4.78 is 15.3. The van der Waals surface area contributed by atoms with Crippen LogP contribution >= 0.6 is 0 Å². The van der Waals surface area contributed by atoms with Crippen LogP contribution in [-0.4, -0.2) is 33.8 Å². The highest BCUT2D eigenvalue weighted by Gasteiger charge is 2.16. The molecule has 0 saturated heterocycles.